The fourth-order valence-electron chi connectivity index (χ4n) is 1.61. The number of ketones is 2. The highest BCUT2D eigenvalue weighted by Gasteiger charge is 2.24. The molecule has 0 atom stereocenters. The smallest absolute Gasteiger partial charge is 0.336 e. The minimum absolute atomic E-state index is 0.0420. The van der Waals surface area contributed by atoms with Gasteiger partial charge in [0.1, 0.15) is 0 Å². The standard InChI is InChI=1S/C15H14O4/c1-8(2)13(16)10-6-5-7-11(15(18)19)12(10)14(17)9(3)4/h5-7H,1,3H2,2,4H3,(H,18,19). The Morgan fingerprint density at radius 3 is 1.84 bits per heavy atom. The van der Waals surface area contributed by atoms with Crippen molar-refractivity contribution in [1.82, 2.24) is 0 Å². The predicted octanol–water partition coefficient (Wildman–Crippen LogP) is 2.90. The van der Waals surface area contributed by atoms with Crippen LogP contribution in [-0.4, -0.2) is 22.6 Å². The summed E-state index contributed by atoms with van der Waals surface area (Å²) in [6.07, 6.45) is 0. The van der Waals surface area contributed by atoms with Crippen LogP contribution in [0.5, 0.6) is 0 Å². The Labute approximate surface area is 111 Å². The highest BCUT2D eigenvalue weighted by atomic mass is 16.4. The molecule has 0 bridgehead atoms. The van der Waals surface area contributed by atoms with Gasteiger partial charge in [-0.3, -0.25) is 9.59 Å². The van der Waals surface area contributed by atoms with Gasteiger partial charge in [-0.05, 0) is 31.1 Å². The molecule has 1 N–H and O–H groups in total. The van der Waals surface area contributed by atoms with Gasteiger partial charge in [0.15, 0.2) is 11.6 Å². The van der Waals surface area contributed by atoms with Crippen LogP contribution in [0, 0.1) is 0 Å². The molecule has 0 aromatic heterocycles. The van der Waals surface area contributed by atoms with E-state index in [2.05, 4.69) is 13.2 Å². The minimum Gasteiger partial charge on any atom is -0.478 e. The van der Waals surface area contributed by atoms with E-state index >= 15 is 0 Å². The quantitative estimate of drug-likeness (QED) is 0.651. The molecule has 0 aliphatic heterocycles. The molecule has 1 aromatic carbocycles. The van der Waals surface area contributed by atoms with E-state index in [1.165, 1.54) is 32.0 Å². The molecule has 4 nitrogen and oxygen atoms in total. The van der Waals surface area contributed by atoms with Crippen LogP contribution in [0.2, 0.25) is 0 Å². The number of aromatic carboxylic acids is 1. The monoisotopic (exact) mass is 258 g/mol. The first-order valence-corrected chi connectivity index (χ1v) is 5.54. The number of carboxylic acids is 1. The Morgan fingerprint density at radius 2 is 1.42 bits per heavy atom. The number of Topliss-reactive ketones (excluding diaryl/α,β-unsaturated/α-hetero) is 2. The van der Waals surface area contributed by atoms with E-state index in [9.17, 15) is 14.4 Å². The number of carboxylic acid groups (broad SMARTS) is 1. The number of hydrogen-bond acceptors (Lipinski definition) is 3. The van der Waals surface area contributed by atoms with E-state index in [0.717, 1.165) is 0 Å². The minimum atomic E-state index is -1.26. The summed E-state index contributed by atoms with van der Waals surface area (Å²) < 4.78 is 0. The summed E-state index contributed by atoms with van der Waals surface area (Å²) in [4.78, 5) is 35.2. The molecule has 0 aliphatic rings. The van der Waals surface area contributed by atoms with Gasteiger partial charge in [-0.1, -0.05) is 25.3 Å². The average molecular weight is 258 g/mol. The van der Waals surface area contributed by atoms with E-state index in [4.69, 9.17) is 5.11 Å². The van der Waals surface area contributed by atoms with Crippen molar-refractivity contribution in [3.63, 3.8) is 0 Å². The third kappa shape index (κ3) is 2.85. The van der Waals surface area contributed by atoms with Crippen molar-refractivity contribution in [2.45, 2.75) is 13.8 Å². The van der Waals surface area contributed by atoms with E-state index in [1.54, 1.807) is 0 Å². The van der Waals surface area contributed by atoms with Gasteiger partial charge in [0.05, 0.1) is 5.56 Å². The van der Waals surface area contributed by atoms with Gasteiger partial charge in [-0.2, -0.15) is 0 Å². The number of benzene rings is 1. The third-order valence-corrected chi connectivity index (χ3v) is 2.54. The van der Waals surface area contributed by atoms with Gasteiger partial charge < -0.3 is 5.11 Å². The maximum atomic E-state index is 12.1. The lowest BCUT2D eigenvalue weighted by atomic mass is 9.91. The van der Waals surface area contributed by atoms with Gasteiger partial charge in [0.25, 0.3) is 0 Å². The highest BCUT2D eigenvalue weighted by molar-refractivity contribution is 6.22. The van der Waals surface area contributed by atoms with Gasteiger partial charge in [0, 0.05) is 11.1 Å². The lowest BCUT2D eigenvalue weighted by Crippen LogP contribution is -2.16. The number of carbonyl (C=O) groups is 3. The SMILES string of the molecule is C=C(C)C(=O)c1cccc(C(=O)O)c1C(=O)C(=C)C. The first-order valence-electron chi connectivity index (χ1n) is 5.54. The Hall–Kier alpha value is -2.49. The third-order valence-electron chi connectivity index (χ3n) is 2.54. The van der Waals surface area contributed by atoms with Crippen LogP contribution in [0.4, 0.5) is 0 Å². The summed E-state index contributed by atoms with van der Waals surface area (Å²) in [5.74, 6) is -2.27. The molecular weight excluding hydrogens is 244 g/mol. The molecule has 0 amide bonds. The van der Waals surface area contributed by atoms with Gasteiger partial charge in [-0.15, -0.1) is 0 Å². The Morgan fingerprint density at radius 1 is 0.947 bits per heavy atom. The van der Waals surface area contributed by atoms with Crippen molar-refractivity contribution in [2.75, 3.05) is 0 Å². The molecule has 0 saturated heterocycles. The number of carbonyl (C=O) groups excluding carboxylic acids is 2. The Bertz CT molecular complexity index is 609. The van der Waals surface area contributed by atoms with Crippen LogP contribution in [-0.2, 0) is 0 Å². The second-order valence-corrected chi connectivity index (χ2v) is 4.25. The van der Waals surface area contributed by atoms with Gasteiger partial charge in [-0.25, -0.2) is 4.79 Å². The van der Waals surface area contributed by atoms with E-state index in [1.807, 2.05) is 0 Å². The maximum Gasteiger partial charge on any atom is 0.336 e. The van der Waals surface area contributed by atoms with Crippen LogP contribution in [0.15, 0.2) is 42.5 Å². The van der Waals surface area contributed by atoms with Crippen molar-refractivity contribution < 1.29 is 19.5 Å². The largest absolute Gasteiger partial charge is 0.478 e. The number of allylic oxidation sites excluding steroid dienone is 2. The van der Waals surface area contributed by atoms with Gasteiger partial charge >= 0.3 is 5.97 Å². The van der Waals surface area contributed by atoms with Gasteiger partial charge in [0.2, 0.25) is 0 Å². The number of hydrogen-bond donors (Lipinski definition) is 1. The molecule has 1 rings (SSSR count). The summed E-state index contributed by atoms with van der Waals surface area (Å²) >= 11 is 0. The predicted molar refractivity (Wildman–Crippen MR) is 71.7 cm³/mol. The van der Waals surface area contributed by atoms with Crippen LogP contribution < -0.4 is 0 Å². The lowest BCUT2D eigenvalue weighted by molar-refractivity contribution is 0.0692. The molecular formula is C15H14O4. The lowest BCUT2D eigenvalue weighted by Gasteiger charge is -2.10. The summed E-state index contributed by atoms with van der Waals surface area (Å²) in [5, 5.41) is 9.13. The summed E-state index contributed by atoms with van der Waals surface area (Å²) in [5.41, 5.74) is 0.110. The normalized spacial score (nSPS) is 9.79. The molecule has 0 heterocycles. The van der Waals surface area contributed by atoms with Crippen LogP contribution in [0.1, 0.15) is 44.9 Å². The van der Waals surface area contributed by atoms with Crippen molar-refractivity contribution in [2.24, 2.45) is 0 Å². The molecule has 1 aromatic rings. The van der Waals surface area contributed by atoms with Crippen LogP contribution >= 0.6 is 0 Å². The molecule has 0 fully saturated rings. The molecule has 0 aliphatic carbocycles. The Balaban J connectivity index is 3.65. The highest BCUT2D eigenvalue weighted by Crippen LogP contribution is 2.21. The first-order chi connectivity index (χ1) is 8.77. The zero-order chi connectivity index (χ0) is 14.7. The zero-order valence-corrected chi connectivity index (χ0v) is 10.8. The zero-order valence-electron chi connectivity index (χ0n) is 10.8. The summed E-state index contributed by atoms with van der Waals surface area (Å²) in [7, 11) is 0. The molecule has 0 radical (unpaired) electrons. The fourth-order valence-corrected chi connectivity index (χ4v) is 1.61. The first kappa shape index (κ1) is 14.6. The average Bonchev–Trinajstić information content (AvgIpc) is 2.35. The summed E-state index contributed by atoms with van der Waals surface area (Å²) in [6, 6.07) is 4.13. The van der Waals surface area contributed by atoms with Crippen molar-refractivity contribution in [3.8, 4) is 0 Å². The summed E-state index contributed by atoms with van der Waals surface area (Å²) in [6.45, 7) is 9.99. The fraction of sp³-hybridized carbons (Fsp3) is 0.133. The molecule has 4 heteroatoms. The molecule has 0 saturated carbocycles. The van der Waals surface area contributed by atoms with Crippen LogP contribution in [0.3, 0.4) is 0 Å². The van der Waals surface area contributed by atoms with E-state index in [-0.39, 0.29) is 27.8 Å². The van der Waals surface area contributed by atoms with Crippen LogP contribution in [0.25, 0.3) is 0 Å². The molecule has 98 valence electrons. The maximum absolute atomic E-state index is 12.1. The topological polar surface area (TPSA) is 71.4 Å². The van der Waals surface area contributed by atoms with Crippen molar-refractivity contribution in [3.05, 3.63) is 59.2 Å². The van der Waals surface area contributed by atoms with E-state index < -0.39 is 17.5 Å². The second-order valence-electron chi connectivity index (χ2n) is 4.25. The van der Waals surface area contributed by atoms with E-state index in [0.29, 0.717) is 0 Å². The second kappa shape index (κ2) is 5.44. The molecule has 0 spiro atoms. The molecule has 19 heavy (non-hydrogen) atoms. The Kier molecular flexibility index (Phi) is 4.17. The number of rotatable bonds is 5. The molecule has 0 unspecified atom stereocenters. The van der Waals surface area contributed by atoms with Crippen molar-refractivity contribution in [1.29, 1.82) is 0 Å². The van der Waals surface area contributed by atoms with Crippen molar-refractivity contribution >= 4 is 17.5 Å².